The minimum atomic E-state index is 0.144. The molecule has 1 aliphatic heterocycles. The molecule has 0 aliphatic carbocycles. The Morgan fingerprint density at radius 2 is 1.96 bits per heavy atom. The molecule has 0 atom stereocenters. The molecular weight excluding hydrogens is 339 g/mol. The number of rotatable bonds is 4. The molecule has 2 aromatic heterocycles. The lowest BCUT2D eigenvalue weighted by Gasteiger charge is -2.19. The number of halogens is 2. The first-order valence-electron chi connectivity index (χ1n) is 7.00. The van der Waals surface area contributed by atoms with Crippen LogP contribution in [-0.2, 0) is 0 Å². The fraction of sp³-hybridized carbons (Fsp3) is 0.308. The fourth-order valence-electron chi connectivity index (χ4n) is 2.27. The van der Waals surface area contributed by atoms with Crippen LogP contribution in [0.3, 0.4) is 0 Å². The number of hydrogen-bond donors (Lipinski definition) is 2. The number of nitrogens with two attached hydrogens (primary N) is 1. The van der Waals surface area contributed by atoms with Crippen LogP contribution in [0.15, 0.2) is 17.2 Å². The Labute approximate surface area is 142 Å². The molecule has 1 fully saturated rings. The Balaban J connectivity index is 1.83. The van der Waals surface area contributed by atoms with Crippen molar-refractivity contribution >= 4 is 47.0 Å². The lowest BCUT2D eigenvalue weighted by Crippen LogP contribution is -2.22. The smallest absolute Gasteiger partial charge is 0.223 e. The summed E-state index contributed by atoms with van der Waals surface area (Å²) in [5.41, 5.74) is 9.07. The SMILES string of the molecule is Nc1nc(Cl)c(/C=N/Nc2ccc(Cl)nn2)c(N2CCCC2)n1. The highest BCUT2D eigenvalue weighted by Crippen LogP contribution is 2.26. The van der Waals surface area contributed by atoms with Crippen molar-refractivity contribution in [2.45, 2.75) is 12.8 Å². The highest BCUT2D eigenvalue weighted by molar-refractivity contribution is 6.32. The van der Waals surface area contributed by atoms with Gasteiger partial charge in [0.2, 0.25) is 5.95 Å². The zero-order valence-corrected chi connectivity index (χ0v) is 13.6. The number of hydrogen-bond acceptors (Lipinski definition) is 8. The molecule has 0 bridgehead atoms. The first kappa shape index (κ1) is 15.7. The standard InChI is InChI=1S/C13H14Cl2N8/c14-9-3-4-10(22-20-9)21-17-7-8-11(15)18-13(16)19-12(8)23-5-1-2-6-23/h3-4,7H,1-2,5-6H2,(H,21,22)(H2,16,18,19)/b17-7+. The quantitative estimate of drug-likeness (QED) is 0.493. The highest BCUT2D eigenvalue weighted by atomic mass is 35.5. The van der Waals surface area contributed by atoms with Crippen LogP contribution in [0.25, 0.3) is 0 Å². The van der Waals surface area contributed by atoms with E-state index in [0.29, 0.717) is 22.4 Å². The Morgan fingerprint density at radius 3 is 2.65 bits per heavy atom. The lowest BCUT2D eigenvalue weighted by atomic mass is 10.3. The molecule has 0 saturated carbocycles. The van der Waals surface area contributed by atoms with Crippen LogP contribution in [0.5, 0.6) is 0 Å². The molecule has 120 valence electrons. The molecule has 0 amide bonds. The lowest BCUT2D eigenvalue weighted by molar-refractivity contribution is 0.929. The van der Waals surface area contributed by atoms with E-state index < -0.39 is 0 Å². The van der Waals surface area contributed by atoms with Crippen molar-refractivity contribution < 1.29 is 0 Å². The van der Waals surface area contributed by atoms with Gasteiger partial charge in [-0.15, -0.1) is 10.2 Å². The molecule has 3 heterocycles. The van der Waals surface area contributed by atoms with Crippen molar-refractivity contribution in [3.8, 4) is 0 Å². The summed E-state index contributed by atoms with van der Waals surface area (Å²) in [5.74, 6) is 1.29. The maximum absolute atomic E-state index is 6.19. The largest absolute Gasteiger partial charge is 0.368 e. The van der Waals surface area contributed by atoms with Gasteiger partial charge in [-0.2, -0.15) is 10.1 Å². The van der Waals surface area contributed by atoms with Gasteiger partial charge in [0, 0.05) is 13.1 Å². The molecule has 1 saturated heterocycles. The van der Waals surface area contributed by atoms with Crippen molar-refractivity contribution in [3.63, 3.8) is 0 Å². The summed E-state index contributed by atoms with van der Waals surface area (Å²) in [6.07, 6.45) is 3.76. The molecule has 1 aliphatic rings. The Hall–Kier alpha value is -2.19. The van der Waals surface area contributed by atoms with E-state index in [1.807, 2.05) is 0 Å². The second-order valence-corrected chi connectivity index (χ2v) is 5.66. The minimum Gasteiger partial charge on any atom is -0.368 e. The van der Waals surface area contributed by atoms with Crippen molar-refractivity contribution in [3.05, 3.63) is 28.0 Å². The van der Waals surface area contributed by atoms with E-state index in [1.54, 1.807) is 18.3 Å². The first-order chi connectivity index (χ1) is 11.1. The predicted octanol–water partition coefficient (Wildman–Crippen LogP) is 2.20. The van der Waals surface area contributed by atoms with Gasteiger partial charge < -0.3 is 10.6 Å². The molecule has 0 radical (unpaired) electrons. The summed E-state index contributed by atoms with van der Waals surface area (Å²) < 4.78 is 0. The van der Waals surface area contributed by atoms with Crippen LogP contribution < -0.4 is 16.1 Å². The average Bonchev–Trinajstić information content (AvgIpc) is 3.05. The fourth-order valence-corrected chi connectivity index (χ4v) is 2.59. The van der Waals surface area contributed by atoms with Crippen LogP contribution in [0.1, 0.15) is 18.4 Å². The minimum absolute atomic E-state index is 0.144. The molecule has 0 unspecified atom stereocenters. The van der Waals surface area contributed by atoms with Gasteiger partial charge in [0.1, 0.15) is 11.0 Å². The first-order valence-corrected chi connectivity index (χ1v) is 7.75. The van der Waals surface area contributed by atoms with Gasteiger partial charge in [0.05, 0.1) is 11.8 Å². The van der Waals surface area contributed by atoms with Crippen LogP contribution in [0.4, 0.5) is 17.6 Å². The number of aromatic nitrogens is 4. The summed E-state index contributed by atoms with van der Waals surface area (Å²) in [4.78, 5) is 10.4. The third-order valence-electron chi connectivity index (χ3n) is 3.31. The normalized spacial score (nSPS) is 14.6. The highest BCUT2D eigenvalue weighted by Gasteiger charge is 2.20. The van der Waals surface area contributed by atoms with Crippen molar-refractivity contribution in [1.29, 1.82) is 0 Å². The Bertz CT molecular complexity index is 713. The zero-order valence-electron chi connectivity index (χ0n) is 12.1. The predicted molar refractivity (Wildman–Crippen MR) is 91.2 cm³/mol. The molecule has 3 rings (SSSR count). The zero-order chi connectivity index (χ0) is 16.2. The monoisotopic (exact) mass is 352 g/mol. The Morgan fingerprint density at radius 1 is 1.17 bits per heavy atom. The number of anilines is 3. The molecule has 10 heteroatoms. The van der Waals surface area contributed by atoms with E-state index in [9.17, 15) is 0 Å². The second kappa shape index (κ2) is 6.93. The molecular formula is C13H14Cl2N8. The van der Waals surface area contributed by atoms with E-state index in [4.69, 9.17) is 28.9 Å². The van der Waals surface area contributed by atoms with Crippen LogP contribution in [-0.4, -0.2) is 39.5 Å². The van der Waals surface area contributed by atoms with Gasteiger partial charge in [-0.25, -0.2) is 4.98 Å². The van der Waals surface area contributed by atoms with Gasteiger partial charge in [0.25, 0.3) is 0 Å². The van der Waals surface area contributed by atoms with Gasteiger partial charge in [-0.05, 0) is 25.0 Å². The van der Waals surface area contributed by atoms with Gasteiger partial charge in [-0.1, -0.05) is 23.2 Å². The number of nitrogen functional groups attached to an aromatic ring is 1. The summed E-state index contributed by atoms with van der Waals surface area (Å²) in [7, 11) is 0. The Kier molecular flexibility index (Phi) is 4.73. The second-order valence-electron chi connectivity index (χ2n) is 4.92. The van der Waals surface area contributed by atoms with E-state index >= 15 is 0 Å². The third-order valence-corrected chi connectivity index (χ3v) is 3.80. The summed E-state index contributed by atoms with van der Waals surface area (Å²) >= 11 is 11.9. The summed E-state index contributed by atoms with van der Waals surface area (Å²) in [6, 6.07) is 3.27. The van der Waals surface area contributed by atoms with Crippen LogP contribution in [0.2, 0.25) is 10.3 Å². The average molecular weight is 353 g/mol. The maximum Gasteiger partial charge on any atom is 0.223 e. The number of nitrogens with zero attached hydrogens (tertiary/aromatic N) is 6. The maximum atomic E-state index is 6.19. The summed E-state index contributed by atoms with van der Waals surface area (Å²) in [5, 5.41) is 12.2. The molecule has 2 aromatic rings. The molecule has 8 nitrogen and oxygen atoms in total. The van der Waals surface area contributed by atoms with Gasteiger partial charge in [-0.3, -0.25) is 5.43 Å². The van der Waals surface area contributed by atoms with Crippen LogP contribution >= 0.6 is 23.2 Å². The third kappa shape index (κ3) is 3.77. The molecule has 0 aromatic carbocycles. The van der Waals surface area contributed by atoms with E-state index in [1.165, 1.54) is 0 Å². The van der Waals surface area contributed by atoms with E-state index in [0.717, 1.165) is 25.9 Å². The van der Waals surface area contributed by atoms with Crippen LogP contribution in [0, 0.1) is 0 Å². The van der Waals surface area contributed by atoms with E-state index in [2.05, 4.69) is 35.6 Å². The van der Waals surface area contributed by atoms with Crippen molar-refractivity contribution in [2.75, 3.05) is 29.1 Å². The van der Waals surface area contributed by atoms with Crippen molar-refractivity contribution in [2.24, 2.45) is 5.10 Å². The summed E-state index contributed by atoms with van der Waals surface area (Å²) in [6.45, 7) is 1.81. The molecule has 3 N–H and O–H groups in total. The van der Waals surface area contributed by atoms with Crippen molar-refractivity contribution in [1.82, 2.24) is 20.2 Å². The number of hydrazone groups is 1. The topological polar surface area (TPSA) is 105 Å². The van der Waals surface area contributed by atoms with Gasteiger partial charge in [0.15, 0.2) is 11.0 Å². The van der Waals surface area contributed by atoms with Gasteiger partial charge >= 0.3 is 0 Å². The number of nitrogens with one attached hydrogen (secondary N) is 1. The van der Waals surface area contributed by atoms with E-state index in [-0.39, 0.29) is 11.1 Å². The molecule has 23 heavy (non-hydrogen) atoms. The molecule has 0 spiro atoms.